The third-order valence-corrected chi connectivity index (χ3v) is 2.01. The molecule has 0 amide bonds. The molecule has 1 heterocycles. The lowest BCUT2D eigenvalue weighted by Gasteiger charge is -2.11. The van der Waals surface area contributed by atoms with Gasteiger partial charge >= 0.3 is 0 Å². The molecular formula is C11H14N2O. The summed E-state index contributed by atoms with van der Waals surface area (Å²) < 4.78 is 0. The van der Waals surface area contributed by atoms with Gasteiger partial charge in [-0.2, -0.15) is 0 Å². The number of allylic oxidation sites excluding steroid dienone is 2. The minimum Gasteiger partial charge on any atom is -0.381 e. The fourth-order valence-electron chi connectivity index (χ4n) is 0.918. The zero-order valence-electron chi connectivity index (χ0n) is 8.69. The van der Waals surface area contributed by atoms with Gasteiger partial charge < -0.3 is 4.90 Å². The first-order valence-corrected chi connectivity index (χ1v) is 4.41. The van der Waals surface area contributed by atoms with E-state index in [1.54, 1.807) is 30.6 Å². The largest absolute Gasteiger partial charge is 0.381 e. The van der Waals surface area contributed by atoms with E-state index in [4.69, 9.17) is 0 Å². The normalized spacial score (nSPS) is 11.2. The van der Waals surface area contributed by atoms with Crippen molar-refractivity contribution in [2.45, 2.75) is 6.92 Å². The van der Waals surface area contributed by atoms with E-state index in [0.29, 0.717) is 5.56 Å². The molecule has 1 aromatic rings. The minimum absolute atomic E-state index is 0.0126. The van der Waals surface area contributed by atoms with Crippen molar-refractivity contribution in [3.63, 3.8) is 0 Å². The molecule has 14 heavy (non-hydrogen) atoms. The average Bonchev–Trinajstić information content (AvgIpc) is 2.19. The molecule has 0 radical (unpaired) electrons. The highest BCUT2D eigenvalue weighted by molar-refractivity contribution is 6.04. The molecule has 1 rings (SSSR count). The summed E-state index contributed by atoms with van der Waals surface area (Å²) in [5, 5.41) is 0. The second kappa shape index (κ2) is 4.56. The maximum atomic E-state index is 11.6. The lowest BCUT2D eigenvalue weighted by atomic mass is 10.1. The van der Waals surface area contributed by atoms with E-state index in [9.17, 15) is 4.79 Å². The summed E-state index contributed by atoms with van der Waals surface area (Å²) >= 11 is 0. The van der Waals surface area contributed by atoms with Crippen LogP contribution in [0.25, 0.3) is 0 Å². The molecular weight excluding hydrogens is 176 g/mol. The maximum absolute atomic E-state index is 11.6. The zero-order chi connectivity index (χ0) is 10.6. The molecule has 0 saturated heterocycles. The van der Waals surface area contributed by atoms with Crippen LogP contribution >= 0.6 is 0 Å². The molecule has 0 aliphatic rings. The first-order valence-electron chi connectivity index (χ1n) is 4.41. The van der Waals surface area contributed by atoms with Gasteiger partial charge in [0.15, 0.2) is 5.78 Å². The molecule has 0 aliphatic carbocycles. The molecule has 3 nitrogen and oxygen atoms in total. The summed E-state index contributed by atoms with van der Waals surface area (Å²) in [5.74, 6) is 0.0126. The van der Waals surface area contributed by atoms with Gasteiger partial charge in [-0.1, -0.05) is 0 Å². The van der Waals surface area contributed by atoms with Crippen LogP contribution in [0.1, 0.15) is 17.3 Å². The van der Waals surface area contributed by atoms with Crippen molar-refractivity contribution < 1.29 is 4.79 Å². The lowest BCUT2D eigenvalue weighted by molar-refractivity contribution is 0.104. The number of carbonyl (C=O) groups excluding carboxylic acids is 1. The summed E-state index contributed by atoms with van der Waals surface area (Å²) in [6, 6.07) is 3.42. The van der Waals surface area contributed by atoms with Crippen molar-refractivity contribution in [3.05, 3.63) is 41.9 Å². The molecule has 3 heteroatoms. The fourth-order valence-corrected chi connectivity index (χ4v) is 0.918. The topological polar surface area (TPSA) is 33.2 Å². The van der Waals surface area contributed by atoms with E-state index in [2.05, 4.69) is 4.98 Å². The van der Waals surface area contributed by atoms with Crippen molar-refractivity contribution in [1.29, 1.82) is 0 Å². The highest BCUT2D eigenvalue weighted by atomic mass is 16.1. The standard InChI is InChI=1S/C11H14N2O/c1-9(13(2)3)8-11(14)10-4-6-12-7-5-10/h4-8H,1-3H3. The van der Waals surface area contributed by atoms with Gasteiger partial charge in [0.2, 0.25) is 0 Å². The van der Waals surface area contributed by atoms with Crippen molar-refractivity contribution in [2.24, 2.45) is 0 Å². The summed E-state index contributed by atoms with van der Waals surface area (Å²) in [6.07, 6.45) is 4.85. The van der Waals surface area contributed by atoms with Gasteiger partial charge in [-0.25, -0.2) is 0 Å². The van der Waals surface area contributed by atoms with E-state index in [1.807, 2.05) is 25.9 Å². The first kappa shape index (κ1) is 10.4. The molecule has 0 saturated carbocycles. The number of carbonyl (C=O) groups is 1. The molecule has 1 aromatic heterocycles. The van der Waals surface area contributed by atoms with E-state index < -0.39 is 0 Å². The van der Waals surface area contributed by atoms with Crippen molar-refractivity contribution in [3.8, 4) is 0 Å². The van der Waals surface area contributed by atoms with Crippen LogP contribution in [0.5, 0.6) is 0 Å². The highest BCUT2D eigenvalue weighted by Gasteiger charge is 2.02. The van der Waals surface area contributed by atoms with Crippen LogP contribution in [-0.2, 0) is 0 Å². The molecule has 0 unspecified atom stereocenters. The number of rotatable bonds is 3. The van der Waals surface area contributed by atoms with Crippen LogP contribution < -0.4 is 0 Å². The van der Waals surface area contributed by atoms with E-state index in [-0.39, 0.29) is 5.78 Å². The number of hydrogen-bond acceptors (Lipinski definition) is 3. The molecule has 0 atom stereocenters. The molecule has 74 valence electrons. The van der Waals surface area contributed by atoms with Gasteiger partial charge in [-0.15, -0.1) is 0 Å². The summed E-state index contributed by atoms with van der Waals surface area (Å²) in [5.41, 5.74) is 1.60. The van der Waals surface area contributed by atoms with Crippen molar-refractivity contribution in [2.75, 3.05) is 14.1 Å². The first-order chi connectivity index (χ1) is 6.61. The van der Waals surface area contributed by atoms with E-state index in [0.717, 1.165) is 5.70 Å². The van der Waals surface area contributed by atoms with Gasteiger partial charge in [0.1, 0.15) is 0 Å². The number of ketones is 1. The smallest absolute Gasteiger partial charge is 0.187 e. The number of pyridine rings is 1. The van der Waals surface area contributed by atoms with Crippen LogP contribution in [-0.4, -0.2) is 29.8 Å². The Morgan fingerprint density at radius 1 is 1.36 bits per heavy atom. The van der Waals surface area contributed by atoms with Gasteiger partial charge in [0, 0.05) is 43.8 Å². The van der Waals surface area contributed by atoms with Gasteiger partial charge in [0.25, 0.3) is 0 Å². The van der Waals surface area contributed by atoms with Gasteiger partial charge in [0.05, 0.1) is 0 Å². The Kier molecular flexibility index (Phi) is 3.40. The maximum Gasteiger partial charge on any atom is 0.187 e. The van der Waals surface area contributed by atoms with Crippen molar-refractivity contribution >= 4 is 5.78 Å². The minimum atomic E-state index is 0.0126. The summed E-state index contributed by atoms with van der Waals surface area (Å²) in [4.78, 5) is 17.4. The van der Waals surface area contributed by atoms with Crippen LogP contribution in [0.15, 0.2) is 36.3 Å². The highest BCUT2D eigenvalue weighted by Crippen LogP contribution is 2.03. The quantitative estimate of drug-likeness (QED) is 0.537. The van der Waals surface area contributed by atoms with Crippen LogP contribution in [0.3, 0.4) is 0 Å². The third-order valence-electron chi connectivity index (χ3n) is 2.01. The Balaban J connectivity index is 2.83. The van der Waals surface area contributed by atoms with Gasteiger partial charge in [-0.05, 0) is 19.1 Å². The number of hydrogen-bond donors (Lipinski definition) is 0. The van der Waals surface area contributed by atoms with E-state index in [1.165, 1.54) is 0 Å². The van der Waals surface area contributed by atoms with Crippen LogP contribution in [0.4, 0.5) is 0 Å². The molecule has 0 bridgehead atoms. The Labute approximate surface area is 84.1 Å². The summed E-state index contributed by atoms with van der Waals surface area (Å²) in [7, 11) is 3.82. The second-order valence-corrected chi connectivity index (χ2v) is 3.28. The number of nitrogens with zero attached hydrogens (tertiary/aromatic N) is 2. The average molecular weight is 190 g/mol. The van der Waals surface area contributed by atoms with E-state index >= 15 is 0 Å². The third kappa shape index (κ3) is 2.69. The Hall–Kier alpha value is -1.64. The summed E-state index contributed by atoms with van der Waals surface area (Å²) in [6.45, 7) is 1.90. The zero-order valence-corrected chi connectivity index (χ0v) is 8.69. The molecule has 0 aliphatic heterocycles. The Bertz CT molecular complexity index is 342. The fraction of sp³-hybridized carbons (Fsp3) is 0.273. The Morgan fingerprint density at radius 3 is 2.43 bits per heavy atom. The molecule has 0 spiro atoms. The molecule has 0 fully saturated rings. The second-order valence-electron chi connectivity index (χ2n) is 3.28. The predicted molar refractivity (Wildman–Crippen MR) is 56.0 cm³/mol. The van der Waals surface area contributed by atoms with Crippen LogP contribution in [0, 0.1) is 0 Å². The van der Waals surface area contributed by atoms with Crippen LogP contribution in [0.2, 0.25) is 0 Å². The van der Waals surface area contributed by atoms with Crippen molar-refractivity contribution in [1.82, 2.24) is 9.88 Å². The SMILES string of the molecule is CC(=CC(=O)c1ccncc1)N(C)C. The molecule has 0 aromatic carbocycles. The predicted octanol–water partition coefficient (Wildman–Crippen LogP) is 1.73. The van der Waals surface area contributed by atoms with Gasteiger partial charge in [-0.3, -0.25) is 9.78 Å². The monoisotopic (exact) mass is 190 g/mol. The number of aromatic nitrogens is 1. The lowest BCUT2D eigenvalue weighted by Crippen LogP contribution is -2.10. The molecule has 0 N–H and O–H groups in total. The Morgan fingerprint density at radius 2 is 1.93 bits per heavy atom.